The minimum Gasteiger partial charge on any atom is -0.484 e. The molecule has 0 saturated carbocycles. The molecule has 2 saturated heterocycles. The Labute approximate surface area is 183 Å². The molecule has 0 spiro atoms. The molecule has 0 N–H and O–H groups in total. The molecule has 2 aliphatic rings. The van der Waals surface area contributed by atoms with Crippen molar-refractivity contribution >= 4 is 15.9 Å². The van der Waals surface area contributed by atoms with Crippen LogP contribution in [0, 0.1) is 0 Å². The number of hydrogen-bond acceptors (Lipinski definition) is 5. The van der Waals surface area contributed by atoms with Gasteiger partial charge >= 0.3 is 0 Å². The van der Waals surface area contributed by atoms with Crippen LogP contribution in [0.2, 0.25) is 0 Å². The Kier molecular flexibility index (Phi) is 6.89. The summed E-state index contributed by atoms with van der Waals surface area (Å²) in [6.07, 6.45) is 1.90. The average molecular weight is 445 g/mol. The lowest BCUT2D eigenvalue weighted by Crippen LogP contribution is -2.40. The highest BCUT2D eigenvalue weighted by Crippen LogP contribution is 2.28. The van der Waals surface area contributed by atoms with Crippen molar-refractivity contribution in [2.24, 2.45) is 0 Å². The molecule has 2 aromatic carbocycles. The van der Waals surface area contributed by atoms with Crippen LogP contribution in [0.25, 0.3) is 0 Å². The maximum atomic E-state index is 12.7. The zero-order valence-corrected chi connectivity index (χ0v) is 18.3. The molecule has 1 amide bonds. The number of rotatable bonds is 6. The maximum Gasteiger partial charge on any atom is 0.260 e. The van der Waals surface area contributed by atoms with E-state index in [0.29, 0.717) is 38.0 Å². The van der Waals surface area contributed by atoms with Crippen molar-refractivity contribution in [2.45, 2.75) is 23.7 Å². The summed E-state index contributed by atoms with van der Waals surface area (Å²) >= 11 is 0. The zero-order valence-electron chi connectivity index (χ0n) is 17.5. The van der Waals surface area contributed by atoms with E-state index in [9.17, 15) is 13.2 Å². The van der Waals surface area contributed by atoms with E-state index in [4.69, 9.17) is 9.47 Å². The molecule has 0 radical (unpaired) electrons. The molecule has 0 aliphatic carbocycles. The van der Waals surface area contributed by atoms with Crippen molar-refractivity contribution in [2.75, 3.05) is 46.0 Å². The first-order valence-electron chi connectivity index (χ1n) is 10.7. The van der Waals surface area contributed by atoms with Crippen LogP contribution in [-0.2, 0) is 19.6 Å². The van der Waals surface area contributed by atoms with Gasteiger partial charge in [-0.15, -0.1) is 0 Å². The molecule has 0 atom stereocenters. The molecule has 2 heterocycles. The fourth-order valence-electron chi connectivity index (χ4n) is 4.07. The summed E-state index contributed by atoms with van der Waals surface area (Å²) in [6, 6.07) is 16.7. The standard InChI is InChI=1S/C23H28N2O5S/c26-23(24-12-10-20(11-13-24)19-4-2-1-3-5-19)18-30-21-6-8-22(9-7-21)31(27,28)25-14-16-29-17-15-25/h1-9,20H,10-18H2. The third-order valence-corrected chi connectivity index (χ3v) is 7.83. The molecular formula is C23H28N2O5S. The predicted octanol–water partition coefficient (Wildman–Crippen LogP) is 2.49. The lowest BCUT2D eigenvalue weighted by molar-refractivity contribution is -0.134. The van der Waals surface area contributed by atoms with Crippen molar-refractivity contribution in [3.8, 4) is 5.75 Å². The number of hydrogen-bond donors (Lipinski definition) is 0. The van der Waals surface area contributed by atoms with Gasteiger partial charge in [-0.2, -0.15) is 4.31 Å². The largest absolute Gasteiger partial charge is 0.484 e. The summed E-state index contributed by atoms with van der Waals surface area (Å²) in [5.74, 6) is 0.928. The summed E-state index contributed by atoms with van der Waals surface area (Å²) < 4.78 is 37.6. The monoisotopic (exact) mass is 444 g/mol. The first-order valence-corrected chi connectivity index (χ1v) is 12.1. The van der Waals surface area contributed by atoms with Gasteiger partial charge in [0.25, 0.3) is 5.91 Å². The van der Waals surface area contributed by atoms with Crippen LogP contribution in [0.15, 0.2) is 59.5 Å². The number of nitrogens with zero attached hydrogens (tertiary/aromatic N) is 2. The molecule has 2 aromatic rings. The van der Waals surface area contributed by atoms with Gasteiger partial charge in [-0.25, -0.2) is 8.42 Å². The lowest BCUT2D eigenvalue weighted by atomic mass is 9.89. The van der Waals surface area contributed by atoms with E-state index in [1.54, 1.807) is 12.1 Å². The summed E-state index contributed by atoms with van der Waals surface area (Å²) in [5, 5.41) is 0. The third kappa shape index (κ3) is 5.26. The molecule has 4 rings (SSSR count). The molecule has 2 aliphatic heterocycles. The van der Waals surface area contributed by atoms with E-state index in [2.05, 4.69) is 24.3 Å². The number of benzene rings is 2. The second kappa shape index (κ2) is 9.80. The van der Waals surface area contributed by atoms with Crippen LogP contribution < -0.4 is 4.74 Å². The van der Waals surface area contributed by atoms with Crippen LogP contribution in [0.4, 0.5) is 0 Å². The Balaban J connectivity index is 1.27. The minimum atomic E-state index is -3.53. The van der Waals surface area contributed by atoms with Crippen molar-refractivity contribution in [1.29, 1.82) is 0 Å². The van der Waals surface area contributed by atoms with Gasteiger partial charge in [-0.1, -0.05) is 30.3 Å². The summed E-state index contributed by atoms with van der Waals surface area (Å²) in [7, 11) is -3.53. The SMILES string of the molecule is O=C(COc1ccc(S(=O)(=O)N2CCOCC2)cc1)N1CCC(c2ccccc2)CC1. The van der Waals surface area contributed by atoms with Gasteiger partial charge < -0.3 is 14.4 Å². The number of carbonyl (C=O) groups is 1. The second-order valence-electron chi connectivity index (χ2n) is 7.84. The summed E-state index contributed by atoms with van der Waals surface area (Å²) in [4.78, 5) is 14.6. The Hall–Kier alpha value is -2.42. The number of amides is 1. The van der Waals surface area contributed by atoms with Gasteiger partial charge in [0.2, 0.25) is 10.0 Å². The second-order valence-corrected chi connectivity index (χ2v) is 9.78. The van der Waals surface area contributed by atoms with Crippen LogP contribution in [0.3, 0.4) is 0 Å². The highest BCUT2D eigenvalue weighted by atomic mass is 32.2. The van der Waals surface area contributed by atoms with E-state index in [0.717, 1.165) is 25.9 Å². The van der Waals surface area contributed by atoms with Crippen LogP contribution in [-0.4, -0.2) is 69.5 Å². The Bertz CT molecular complexity index is 965. The molecule has 8 heteroatoms. The highest BCUT2D eigenvalue weighted by molar-refractivity contribution is 7.89. The van der Waals surface area contributed by atoms with Crippen molar-refractivity contribution in [3.05, 3.63) is 60.2 Å². The van der Waals surface area contributed by atoms with Crippen molar-refractivity contribution in [3.63, 3.8) is 0 Å². The van der Waals surface area contributed by atoms with E-state index < -0.39 is 10.0 Å². The first-order chi connectivity index (χ1) is 15.0. The normalized spacial score (nSPS) is 18.6. The molecule has 0 aromatic heterocycles. The van der Waals surface area contributed by atoms with Gasteiger partial charge in [-0.05, 0) is 48.6 Å². The highest BCUT2D eigenvalue weighted by Gasteiger charge is 2.26. The van der Waals surface area contributed by atoms with E-state index in [1.807, 2.05) is 11.0 Å². The van der Waals surface area contributed by atoms with Gasteiger partial charge in [0.15, 0.2) is 6.61 Å². The average Bonchev–Trinajstić information content (AvgIpc) is 2.84. The molecule has 31 heavy (non-hydrogen) atoms. The number of morpholine rings is 1. The Morgan fingerprint density at radius 3 is 2.23 bits per heavy atom. The van der Waals surface area contributed by atoms with E-state index in [-0.39, 0.29) is 17.4 Å². The van der Waals surface area contributed by atoms with Crippen molar-refractivity contribution in [1.82, 2.24) is 9.21 Å². The van der Waals surface area contributed by atoms with Crippen molar-refractivity contribution < 1.29 is 22.7 Å². The minimum absolute atomic E-state index is 0.0449. The molecule has 166 valence electrons. The predicted molar refractivity (Wildman–Crippen MR) is 117 cm³/mol. The summed E-state index contributed by atoms with van der Waals surface area (Å²) in [5.41, 5.74) is 1.33. The third-order valence-electron chi connectivity index (χ3n) is 5.91. The molecule has 7 nitrogen and oxygen atoms in total. The molecule has 2 fully saturated rings. The fourth-order valence-corrected chi connectivity index (χ4v) is 5.48. The topological polar surface area (TPSA) is 76.2 Å². The lowest BCUT2D eigenvalue weighted by Gasteiger charge is -2.32. The van der Waals surface area contributed by atoms with E-state index in [1.165, 1.54) is 22.0 Å². The number of carbonyl (C=O) groups excluding carboxylic acids is 1. The molecule has 0 bridgehead atoms. The first kappa shape index (κ1) is 21.8. The van der Waals surface area contributed by atoms with Gasteiger partial charge in [0.05, 0.1) is 18.1 Å². The van der Waals surface area contributed by atoms with Crippen LogP contribution >= 0.6 is 0 Å². The fraction of sp³-hybridized carbons (Fsp3) is 0.435. The quantitative estimate of drug-likeness (QED) is 0.684. The Morgan fingerprint density at radius 2 is 1.58 bits per heavy atom. The van der Waals surface area contributed by atoms with Crippen LogP contribution in [0.1, 0.15) is 24.3 Å². The maximum absolute atomic E-state index is 12.7. The molecular weight excluding hydrogens is 416 g/mol. The number of likely N-dealkylation sites (tertiary alicyclic amines) is 1. The van der Waals surface area contributed by atoms with E-state index >= 15 is 0 Å². The van der Waals surface area contributed by atoms with Crippen LogP contribution in [0.5, 0.6) is 5.75 Å². The number of ether oxygens (including phenoxy) is 2. The molecule has 0 unspecified atom stereocenters. The van der Waals surface area contributed by atoms with Gasteiger partial charge in [-0.3, -0.25) is 4.79 Å². The summed E-state index contributed by atoms with van der Waals surface area (Å²) in [6.45, 7) is 2.92. The van der Waals surface area contributed by atoms with Gasteiger partial charge in [0, 0.05) is 26.2 Å². The Morgan fingerprint density at radius 1 is 0.935 bits per heavy atom. The number of sulfonamides is 1. The van der Waals surface area contributed by atoms with Gasteiger partial charge in [0.1, 0.15) is 5.75 Å². The number of piperidine rings is 1. The smallest absolute Gasteiger partial charge is 0.260 e. The zero-order chi connectivity index (χ0) is 21.7.